The van der Waals surface area contributed by atoms with E-state index in [-0.39, 0.29) is 24.1 Å². The van der Waals surface area contributed by atoms with Crippen LogP contribution in [0.25, 0.3) is 0 Å². The van der Waals surface area contributed by atoms with E-state index in [0.717, 1.165) is 25.9 Å². The quantitative estimate of drug-likeness (QED) is 0.900. The molecule has 1 atom stereocenters. The van der Waals surface area contributed by atoms with E-state index in [1.165, 1.54) is 6.07 Å². The van der Waals surface area contributed by atoms with Gasteiger partial charge in [-0.25, -0.2) is 4.39 Å². The second-order valence-corrected chi connectivity index (χ2v) is 5.78. The highest BCUT2D eigenvalue weighted by atomic mass is 19.1. The highest BCUT2D eigenvalue weighted by Crippen LogP contribution is 2.23. The summed E-state index contributed by atoms with van der Waals surface area (Å²) in [6.07, 6.45) is 1.42. The molecule has 1 saturated heterocycles. The summed E-state index contributed by atoms with van der Waals surface area (Å²) in [4.78, 5) is 2.42. The van der Waals surface area contributed by atoms with Crippen LogP contribution in [-0.4, -0.2) is 41.8 Å². The van der Waals surface area contributed by atoms with Gasteiger partial charge in [0.2, 0.25) is 0 Å². The number of aliphatic hydroxyl groups is 1. The Balaban J connectivity index is 1.79. The Labute approximate surface area is 120 Å². The van der Waals surface area contributed by atoms with Crippen LogP contribution in [0.5, 0.6) is 5.75 Å². The largest absolute Gasteiger partial charge is 0.488 e. The van der Waals surface area contributed by atoms with E-state index in [4.69, 9.17) is 4.74 Å². The molecule has 0 bridgehead atoms. The van der Waals surface area contributed by atoms with Crippen LogP contribution in [0.15, 0.2) is 24.3 Å². The number of likely N-dealkylation sites (tertiary alicyclic amines) is 1. The highest BCUT2D eigenvalue weighted by Gasteiger charge is 2.26. The van der Waals surface area contributed by atoms with Gasteiger partial charge >= 0.3 is 0 Å². The second kappa shape index (κ2) is 7.04. The molecule has 1 aliphatic heterocycles. The molecule has 0 saturated carbocycles. The first-order chi connectivity index (χ1) is 9.58. The summed E-state index contributed by atoms with van der Waals surface area (Å²) < 4.78 is 18.8. The lowest BCUT2D eigenvalue weighted by molar-refractivity contribution is 0.0196. The molecular weight excluding hydrogens is 257 g/mol. The van der Waals surface area contributed by atoms with E-state index in [9.17, 15) is 9.50 Å². The predicted octanol–water partition coefficient (Wildman–Crippen LogP) is 2.69. The number of aliphatic hydroxyl groups excluding tert-OH is 1. The molecule has 3 nitrogen and oxygen atoms in total. The van der Waals surface area contributed by atoms with Gasteiger partial charge in [-0.1, -0.05) is 12.1 Å². The van der Waals surface area contributed by atoms with Crippen molar-refractivity contribution in [1.82, 2.24) is 4.90 Å². The number of hydrogen-bond acceptors (Lipinski definition) is 3. The lowest BCUT2D eigenvalue weighted by Crippen LogP contribution is -2.42. The molecule has 20 heavy (non-hydrogen) atoms. The SMILES string of the molecule is CC(C)N1CCC(C(O)COc2ccccc2F)CC1. The number of para-hydroxylation sites is 1. The first-order valence-electron chi connectivity index (χ1n) is 7.37. The van der Waals surface area contributed by atoms with Gasteiger partial charge in [0.05, 0.1) is 6.10 Å². The minimum absolute atomic E-state index is 0.160. The van der Waals surface area contributed by atoms with Crippen LogP contribution < -0.4 is 4.74 Å². The highest BCUT2D eigenvalue weighted by molar-refractivity contribution is 5.23. The Morgan fingerprint density at radius 1 is 1.30 bits per heavy atom. The monoisotopic (exact) mass is 281 g/mol. The first-order valence-corrected chi connectivity index (χ1v) is 7.37. The lowest BCUT2D eigenvalue weighted by atomic mass is 9.91. The Kier molecular flexibility index (Phi) is 5.38. The van der Waals surface area contributed by atoms with Crippen molar-refractivity contribution in [2.75, 3.05) is 19.7 Å². The zero-order valence-corrected chi connectivity index (χ0v) is 12.3. The predicted molar refractivity (Wildman–Crippen MR) is 77.3 cm³/mol. The number of hydrogen-bond donors (Lipinski definition) is 1. The van der Waals surface area contributed by atoms with Crippen LogP contribution in [-0.2, 0) is 0 Å². The standard InChI is InChI=1S/C16H24FNO2/c1-12(2)18-9-7-13(8-10-18)15(19)11-20-16-6-4-3-5-14(16)17/h3-6,12-13,15,19H,7-11H2,1-2H3. The molecule has 2 rings (SSSR count). The van der Waals surface area contributed by atoms with Crippen molar-refractivity contribution in [2.45, 2.75) is 38.8 Å². The van der Waals surface area contributed by atoms with Gasteiger partial charge in [-0.05, 0) is 57.8 Å². The lowest BCUT2D eigenvalue weighted by Gasteiger charge is -2.36. The Morgan fingerprint density at radius 3 is 2.55 bits per heavy atom. The summed E-state index contributed by atoms with van der Waals surface area (Å²) in [7, 11) is 0. The maximum absolute atomic E-state index is 13.4. The van der Waals surface area contributed by atoms with Gasteiger partial charge in [0, 0.05) is 6.04 Å². The third kappa shape index (κ3) is 3.93. The number of nitrogens with zero attached hydrogens (tertiary/aromatic N) is 1. The summed E-state index contributed by atoms with van der Waals surface area (Å²) >= 11 is 0. The van der Waals surface area contributed by atoms with E-state index >= 15 is 0 Å². The number of rotatable bonds is 5. The van der Waals surface area contributed by atoms with E-state index in [2.05, 4.69) is 18.7 Å². The molecule has 4 heteroatoms. The summed E-state index contributed by atoms with van der Waals surface area (Å²) in [6.45, 7) is 6.57. The number of ether oxygens (including phenoxy) is 1. The molecule has 1 aromatic carbocycles. The van der Waals surface area contributed by atoms with E-state index in [1.54, 1.807) is 18.2 Å². The minimum Gasteiger partial charge on any atom is -0.488 e. The molecule has 0 radical (unpaired) electrons. The van der Waals surface area contributed by atoms with Crippen molar-refractivity contribution >= 4 is 0 Å². The van der Waals surface area contributed by atoms with Crippen molar-refractivity contribution in [1.29, 1.82) is 0 Å². The normalized spacial score (nSPS) is 19.2. The van der Waals surface area contributed by atoms with Gasteiger partial charge in [0.1, 0.15) is 6.61 Å². The molecule has 1 unspecified atom stereocenters. The Bertz CT molecular complexity index is 417. The van der Waals surface area contributed by atoms with Crippen LogP contribution in [0, 0.1) is 11.7 Å². The summed E-state index contributed by atoms with van der Waals surface area (Å²) in [5.74, 6) is 0.0808. The number of piperidine rings is 1. The maximum atomic E-state index is 13.4. The molecule has 1 fully saturated rings. The zero-order valence-electron chi connectivity index (χ0n) is 12.3. The Hall–Kier alpha value is -1.13. The first kappa shape index (κ1) is 15.3. The smallest absolute Gasteiger partial charge is 0.165 e. The van der Waals surface area contributed by atoms with Gasteiger partial charge < -0.3 is 14.7 Å². The fourth-order valence-corrected chi connectivity index (χ4v) is 2.69. The number of halogens is 1. The average Bonchev–Trinajstić information content (AvgIpc) is 2.46. The summed E-state index contributed by atoms with van der Waals surface area (Å²) in [5.41, 5.74) is 0. The molecule has 1 aromatic rings. The maximum Gasteiger partial charge on any atom is 0.165 e. The van der Waals surface area contributed by atoms with Crippen molar-refractivity contribution in [3.05, 3.63) is 30.1 Å². The van der Waals surface area contributed by atoms with E-state index in [1.807, 2.05) is 0 Å². The molecule has 1 aliphatic rings. The number of benzene rings is 1. The van der Waals surface area contributed by atoms with Crippen molar-refractivity contribution in [3.63, 3.8) is 0 Å². The molecule has 1 N–H and O–H groups in total. The third-order valence-corrected chi connectivity index (χ3v) is 4.09. The summed E-state index contributed by atoms with van der Waals surface area (Å²) in [5, 5.41) is 10.2. The van der Waals surface area contributed by atoms with Crippen LogP contribution in [0.3, 0.4) is 0 Å². The van der Waals surface area contributed by atoms with Crippen LogP contribution >= 0.6 is 0 Å². The average molecular weight is 281 g/mol. The fourth-order valence-electron chi connectivity index (χ4n) is 2.69. The molecule has 112 valence electrons. The van der Waals surface area contributed by atoms with Gasteiger partial charge in [-0.2, -0.15) is 0 Å². The molecule has 1 heterocycles. The molecule has 0 aromatic heterocycles. The van der Waals surface area contributed by atoms with E-state index < -0.39 is 6.10 Å². The second-order valence-electron chi connectivity index (χ2n) is 5.78. The minimum atomic E-state index is -0.524. The van der Waals surface area contributed by atoms with E-state index in [0.29, 0.717) is 6.04 Å². The van der Waals surface area contributed by atoms with Gasteiger partial charge in [0.15, 0.2) is 11.6 Å². The molecule has 0 spiro atoms. The van der Waals surface area contributed by atoms with Crippen LogP contribution in [0.2, 0.25) is 0 Å². The van der Waals surface area contributed by atoms with Crippen LogP contribution in [0.1, 0.15) is 26.7 Å². The fraction of sp³-hybridized carbons (Fsp3) is 0.625. The Morgan fingerprint density at radius 2 is 1.95 bits per heavy atom. The van der Waals surface area contributed by atoms with Crippen molar-refractivity contribution in [3.8, 4) is 5.75 Å². The molecule has 0 amide bonds. The molecule has 0 aliphatic carbocycles. The van der Waals surface area contributed by atoms with Gasteiger partial charge in [0.25, 0.3) is 0 Å². The van der Waals surface area contributed by atoms with Gasteiger partial charge in [-0.3, -0.25) is 0 Å². The molecular formula is C16H24FNO2. The topological polar surface area (TPSA) is 32.7 Å². The third-order valence-electron chi connectivity index (χ3n) is 4.09. The zero-order chi connectivity index (χ0) is 14.5. The van der Waals surface area contributed by atoms with Crippen LogP contribution in [0.4, 0.5) is 4.39 Å². The van der Waals surface area contributed by atoms with Gasteiger partial charge in [-0.15, -0.1) is 0 Å². The van der Waals surface area contributed by atoms with Crippen molar-refractivity contribution < 1.29 is 14.2 Å². The van der Waals surface area contributed by atoms with Crippen molar-refractivity contribution in [2.24, 2.45) is 5.92 Å². The summed E-state index contributed by atoms with van der Waals surface area (Å²) in [6, 6.07) is 6.86.